The highest BCUT2D eigenvalue weighted by molar-refractivity contribution is 5.80. The van der Waals surface area contributed by atoms with Gasteiger partial charge in [-0.05, 0) is 31.6 Å². The summed E-state index contributed by atoms with van der Waals surface area (Å²) in [5.41, 5.74) is 5.97. The fourth-order valence-corrected chi connectivity index (χ4v) is 3.05. The van der Waals surface area contributed by atoms with Crippen LogP contribution in [0.3, 0.4) is 0 Å². The van der Waals surface area contributed by atoms with Crippen LogP contribution in [0.2, 0.25) is 0 Å². The number of nitrogens with two attached hydrogens (primary N) is 1. The molecule has 0 bridgehead atoms. The Bertz CT molecular complexity index is 312. The second-order valence-electron chi connectivity index (χ2n) is 5.82. The molecular formula is C13H23N3O2. The number of amides is 2. The molecule has 2 rings (SSSR count). The van der Waals surface area contributed by atoms with Crippen LogP contribution < -0.4 is 16.4 Å². The Morgan fingerprint density at radius 3 is 2.78 bits per heavy atom. The van der Waals surface area contributed by atoms with Gasteiger partial charge in [-0.15, -0.1) is 0 Å². The van der Waals surface area contributed by atoms with E-state index >= 15 is 0 Å². The van der Waals surface area contributed by atoms with E-state index in [1.54, 1.807) is 0 Å². The van der Waals surface area contributed by atoms with Crippen molar-refractivity contribution in [2.75, 3.05) is 6.54 Å². The zero-order chi connectivity index (χ0) is 13.1. The number of hydrogen-bond acceptors (Lipinski definition) is 3. The molecule has 1 heterocycles. The smallest absolute Gasteiger partial charge is 0.223 e. The molecule has 0 radical (unpaired) electrons. The molecule has 2 aliphatic rings. The first-order chi connectivity index (χ1) is 8.54. The standard InChI is InChI=1S/C13H23N3O2/c1-8-4-9(6-10(14)5-8)13(18)16-11-2-3-12(17)15-7-11/h8-11H,2-7,14H2,1H3,(H,15,17)(H,16,18). The second kappa shape index (κ2) is 5.69. The third-order valence-electron chi connectivity index (χ3n) is 3.96. The van der Waals surface area contributed by atoms with Gasteiger partial charge in [-0.1, -0.05) is 6.92 Å². The van der Waals surface area contributed by atoms with E-state index in [4.69, 9.17) is 5.73 Å². The van der Waals surface area contributed by atoms with E-state index in [-0.39, 0.29) is 29.8 Å². The lowest BCUT2D eigenvalue weighted by atomic mass is 9.79. The summed E-state index contributed by atoms with van der Waals surface area (Å²) in [6, 6.07) is 0.235. The number of nitrogens with one attached hydrogen (secondary N) is 2. The van der Waals surface area contributed by atoms with Crippen molar-refractivity contribution < 1.29 is 9.59 Å². The summed E-state index contributed by atoms with van der Waals surface area (Å²) in [7, 11) is 0. The van der Waals surface area contributed by atoms with Crippen molar-refractivity contribution in [3.05, 3.63) is 0 Å². The number of rotatable bonds is 2. The van der Waals surface area contributed by atoms with Gasteiger partial charge in [0.25, 0.3) is 0 Å². The molecule has 2 fully saturated rings. The van der Waals surface area contributed by atoms with Crippen LogP contribution >= 0.6 is 0 Å². The monoisotopic (exact) mass is 253 g/mol. The lowest BCUT2D eigenvalue weighted by Gasteiger charge is -2.32. The van der Waals surface area contributed by atoms with Crippen LogP contribution in [0, 0.1) is 11.8 Å². The highest BCUT2D eigenvalue weighted by Gasteiger charge is 2.30. The Balaban J connectivity index is 1.82. The molecule has 0 aromatic rings. The van der Waals surface area contributed by atoms with E-state index in [9.17, 15) is 9.59 Å². The SMILES string of the molecule is CC1CC(N)CC(C(=O)NC2CCC(=O)NC2)C1. The topological polar surface area (TPSA) is 84.2 Å². The number of carbonyl (C=O) groups excluding carboxylic acids is 2. The predicted octanol–water partition coefficient (Wildman–Crippen LogP) is 0.145. The van der Waals surface area contributed by atoms with Crippen LogP contribution in [0.4, 0.5) is 0 Å². The Hall–Kier alpha value is -1.10. The van der Waals surface area contributed by atoms with E-state index in [2.05, 4.69) is 17.6 Å². The van der Waals surface area contributed by atoms with Gasteiger partial charge >= 0.3 is 0 Å². The van der Waals surface area contributed by atoms with Gasteiger partial charge in [-0.3, -0.25) is 9.59 Å². The molecule has 4 N–H and O–H groups in total. The van der Waals surface area contributed by atoms with Crippen LogP contribution in [0.1, 0.15) is 39.0 Å². The molecule has 4 unspecified atom stereocenters. The predicted molar refractivity (Wildman–Crippen MR) is 68.7 cm³/mol. The molecule has 0 aromatic heterocycles. The van der Waals surface area contributed by atoms with Crippen LogP contribution in [0.5, 0.6) is 0 Å². The summed E-state index contributed by atoms with van der Waals surface area (Å²) < 4.78 is 0. The van der Waals surface area contributed by atoms with E-state index in [1.165, 1.54) is 0 Å². The van der Waals surface area contributed by atoms with Crippen molar-refractivity contribution in [2.24, 2.45) is 17.6 Å². The maximum atomic E-state index is 12.2. The number of piperidine rings is 1. The average Bonchev–Trinajstić information content (AvgIpc) is 2.31. The first-order valence-electron chi connectivity index (χ1n) is 6.87. The van der Waals surface area contributed by atoms with Crippen molar-refractivity contribution in [2.45, 2.75) is 51.1 Å². The van der Waals surface area contributed by atoms with Gasteiger partial charge in [0.15, 0.2) is 0 Å². The zero-order valence-electron chi connectivity index (χ0n) is 10.9. The van der Waals surface area contributed by atoms with Gasteiger partial charge < -0.3 is 16.4 Å². The second-order valence-corrected chi connectivity index (χ2v) is 5.82. The van der Waals surface area contributed by atoms with Gasteiger partial charge in [0.1, 0.15) is 0 Å². The third-order valence-corrected chi connectivity index (χ3v) is 3.96. The van der Waals surface area contributed by atoms with E-state index in [1.807, 2.05) is 0 Å². The molecule has 1 aliphatic carbocycles. The molecule has 0 aromatic carbocycles. The first kappa shape index (κ1) is 13.3. The fourth-order valence-electron chi connectivity index (χ4n) is 3.05. The third kappa shape index (κ3) is 3.45. The maximum absolute atomic E-state index is 12.2. The molecule has 1 aliphatic heterocycles. The lowest BCUT2D eigenvalue weighted by Crippen LogP contribution is -2.50. The van der Waals surface area contributed by atoms with Crippen LogP contribution in [-0.4, -0.2) is 30.4 Å². The lowest BCUT2D eigenvalue weighted by molar-refractivity contribution is -0.129. The summed E-state index contributed by atoms with van der Waals surface area (Å²) in [5, 5.41) is 5.82. The molecule has 5 nitrogen and oxygen atoms in total. The van der Waals surface area contributed by atoms with Crippen LogP contribution in [-0.2, 0) is 9.59 Å². The van der Waals surface area contributed by atoms with E-state index in [0.29, 0.717) is 18.9 Å². The van der Waals surface area contributed by atoms with Crippen LogP contribution in [0.15, 0.2) is 0 Å². The summed E-state index contributed by atoms with van der Waals surface area (Å²) >= 11 is 0. The highest BCUT2D eigenvalue weighted by atomic mass is 16.2. The maximum Gasteiger partial charge on any atom is 0.223 e. The van der Waals surface area contributed by atoms with Crippen LogP contribution in [0.25, 0.3) is 0 Å². The Morgan fingerprint density at radius 1 is 1.39 bits per heavy atom. The normalized spacial score (nSPS) is 36.9. The average molecular weight is 253 g/mol. The fraction of sp³-hybridized carbons (Fsp3) is 0.846. The molecule has 5 heteroatoms. The molecule has 0 spiro atoms. The van der Waals surface area contributed by atoms with Crippen molar-refractivity contribution in [3.63, 3.8) is 0 Å². The molecule has 18 heavy (non-hydrogen) atoms. The quantitative estimate of drug-likeness (QED) is 0.654. The highest BCUT2D eigenvalue weighted by Crippen LogP contribution is 2.28. The summed E-state index contributed by atoms with van der Waals surface area (Å²) in [4.78, 5) is 23.2. The number of carbonyl (C=O) groups is 2. The largest absolute Gasteiger partial charge is 0.354 e. The molecule has 2 amide bonds. The van der Waals surface area contributed by atoms with Crippen molar-refractivity contribution in [3.8, 4) is 0 Å². The first-order valence-corrected chi connectivity index (χ1v) is 6.87. The van der Waals surface area contributed by atoms with E-state index < -0.39 is 0 Å². The molecule has 4 atom stereocenters. The summed E-state index contributed by atoms with van der Waals surface area (Å²) in [6.45, 7) is 2.71. The number of hydrogen-bond donors (Lipinski definition) is 3. The van der Waals surface area contributed by atoms with Gasteiger partial charge in [0, 0.05) is 31.0 Å². The van der Waals surface area contributed by atoms with Gasteiger partial charge in [0.05, 0.1) is 0 Å². The van der Waals surface area contributed by atoms with Crippen molar-refractivity contribution >= 4 is 11.8 Å². The minimum Gasteiger partial charge on any atom is -0.354 e. The van der Waals surface area contributed by atoms with Gasteiger partial charge in [0.2, 0.25) is 11.8 Å². The zero-order valence-corrected chi connectivity index (χ0v) is 10.9. The van der Waals surface area contributed by atoms with Crippen molar-refractivity contribution in [1.82, 2.24) is 10.6 Å². The molecule has 1 saturated heterocycles. The summed E-state index contributed by atoms with van der Waals surface area (Å²) in [6.07, 6.45) is 3.98. The Morgan fingerprint density at radius 2 is 2.17 bits per heavy atom. The molecule has 1 saturated carbocycles. The molecule has 102 valence electrons. The minimum absolute atomic E-state index is 0.0429. The Labute approximate surface area is 108 Å². The van der Waals surface area contributed by atoms with Crippen molar-refractivity contribution in [1.29, 1.82) is 0 Å². The minimum atomic E-state index is 0.0429. The van der Waals surface area contributed by atoms with E-state index in [0.717, 1.165) is 25.7 Å². The van der Waals surface area contributed by atoms with Gasteiger partial charge in [-0.25, -0.2) is 0 Å². The summed E-state index contributed by atoms with van der Waals surface area (Å²) in [5.74, 6) is 0.754. The molecular weight excluding hydrogens is 230 g/mol. The Kier molecular flexibility index (Phi) is 4.22. The van der Waals surface area contributed by atoms with Gasteiger partial charge in [-0.2, -0.15) is 0 Å².